The highest BCUT2D eigenvalue weighted by molar-refractivity contribution is 7.98. The molecular weight excluding hydrogens is 244 g/mol. The molecule has 1 aromatic heterocycles. The van der Waals surface area contributed by atoms with Gasteiger partial charge in [0.15, 0.2) is 0 Å². The van der Waals surface area contributed by atoms with Crippen molar-refractivity contribution in [3.05, 3.63) is 47.0 Å². The molecule has 0 fully saturated rings. The quantitative estimate of drug-likeness (QED) is 0.825. The molecule has 0 unspecified atom stereocenters. The monoisotopic (exact) mass is 254 g/mol. The first-order valence-corrected chi connectivity index (χ1v) is 6.16. The van der Waals surface area contributed by atoms with Crippen LogP contribution in [0, 0.1) is 0 Å². The van der Waals surface area contributed by atoms with E-state index in [-0.39, 0.29) is 6.61 Å². The molecule has 0 saturated carbocycles. The summed E-state index contributed by atoms with van der Waals surface area (Å²) in [5, 5.41) is 9.61. The lowest BCUT2D eigenvalue weighted by Gasteiger charge is -1.99. The van der Waals surface area contributed by atoms with E-state index in [0.29, 0.717) is 0 Å². The van der Waals surface area contributed by atoms with Gasteiger partial charge in [0, 0.05) is 9.92 Å². The third-order valence-electron chi connectivity index (χ3n) is 2.04. The minimum atomic E-state index is -0.00138. The van der Waals surface area contributed by atoms with Gasteiger partial charge in [-0.15, -0.1) is 11.8 Å². The van der Waals surface area contributed by atoms with Crippen LogP contribution in [0.3, 0.4) is 0 Å². The SMILES string of the molecule is OCc1cnc(CSc2ccc(Cl)cc2)[nH]1. The Labute approximate surface area is 103 Å². The van der Waals surface area contributed by atoms with Crippen molar-refractivity contribution < 1.29 is 5.11 Å². The third-order valence-corrected chi connectivity index (χ3v) is 3.32. The Morgan fingerprint density at radius 3 is 2.69 bits per heavy atom. The van der Waals surface area contributed by atoms with Crippen LogP contribution in [0.5, 0.6) is 0 Å². The number of hydrogen-bond donors (Lipinski definition) is 2. The number of imidazole rings is 1. The fraction of sp³-hybridized carbons (Fsp3) is 0.182. The first-order valence-electron chi connectivity index (χ1n) is 4.80. The van der Waals surface area contributed by atoms with Crippen molar-refractivity contribution in [3.8, 4) is 0 Å². The fourth-order valence-electron chi connectivity index (χ4n) is 1.24. The van der Waals surface area contributed by atoms with Crippen LogP contribution in [0.4, 0.5) is 0 Å². The van der Waals surface area contributed by atoms with Crippen molar-refractivity contribution in [2.24, 2.45) is 0 Å². The lowest BCUT2D eigenvalue weighted by atomic mass is 10.4. The zero-order valence-corrected chi connectivity index (χ0v) is 10.1. The normalized spacial score (nSPS) is 10.6. The second-order valence-electron chi connectivity index (χ2n) is 3.26. The van der Waals surface area contributed by atoms with Crippen LogP contribution < -0.4 is 0 Å². The third kappa shape index (κ3) is 3.01. The van der Waals surface area contributed by atoms with Crippen molar-refractivity contribution in [1.82, 2.24) is 9.97 Å². The highest BCUT2D eigenvalue weighted by Gasteiger charge is 2.01. The molecule has 16 heavy (non-hydrogen) atoms. The summed E-state index contributed by atoms with van der Waals surface area (Å²) in [6.45, 7) is -0.00138. The zero-order valence-electron chi connectivity index (χ0n) is 8.48. The molecule has 0 spiro atoms. The Balaban J connectivity index is 1.94. The highest BCUT2D eigenvalue weighted by atomic mass is 35.5. The Morgan fingerprint density at radius 2 is 2.06 bits per heavy atom. The average Bonchev–Trinajstić information content (AvgIpc) is 2.76. The molecule has 0 aliphatic carbocycles. The summed E-state index contributed by atoms with van der Waals surface area (Å²) in [4.78, 5) is 8.34. The zero-order chi connectivity index (χ0) is 11.4. The van der Waals surface area contributed by atoms with Gasteiger partial charge in [0.1, 0.15) is 5.82 Å². The van der Waals surface area contributed by atoms with Crippen LogP contribution >= 0.6 is 23.4 Å². The van der Waals surface area contributed by atoms with Crippen LogP contribution in [0.2, 0.25) is 5.02 Å². The summed E-state index contributed by atoms with van der Waals surface area (Å²) in [5.41, 5.74) is 0.742. The molecule has 2 N–H and O–H groups in total. The highest BCUT2D eigenvalue weighted by Crippen LogP contribution is 2.23. The summed E-state index contributed by atoms with van der Waals surface area (Å²) in [7, 11) is 0. The smallest absolute Gasteiger partial charge is 0.116 e. The number of aliphatic hydroxyl groups excluding tert-OH is 1. The summed E-state index contributed by atoms with van der Waals surface area (Å²) in [6.07, 6.45) is 1.65. The number of benzene rings is 1. The molecule has 0 radical (unpaired) electrons. The van der Waals surface area contributed by atoms with E-state index in [2.05, 4.69) is 9.97 Å². The minimum absolute atomic E-state index is 0.00138. The van der Waals surface area contributed by atoms with Gasteiger partial charge in [0.2, 0.25) is 0 Å². The molecule has 2 rings (SSSR count). The van der Waals surface area contributed by atoms with E-state index in [4.69, 9.17) is 16.7 Å². The van der Waals surface area contributed by atoms with Gasteiger partial charge < -0.3 is 10.1 Å². The van der Waals surface area contributed by atoms with Gasteiger partial charge in [-0.1, -0.05) is 11.6 Å². The summed E-state index contributed by atoms with van der Waals surface area (Å²) < 4.78 is 0. The van der Waals surface area contributed by atoms with E-state index < -0.39 is 0 Å². The Bertz CT molecular complexity index is 455. The maximum atomic E-state index is 8.87. The molecule has 1 aromatic carbocycles. The van der Waals surface area contributed by atoms with Gasteiger partial charge in [0.25, 0.3) is 0 Å². The largest absolute Gasteiger partial charge is 0.390 e. The van der Waals surface area contributed by atoms with Crippen LogP contribution in [0.1, 0.15) is 11.5 Å². The predicted octanol–water partition coefficient (Wildman–Crippen LogP) is 2.85. The van der Waals surface area contributed by atoms with E-state index in [1.165, 1.54) is 0 Å². The predicted molar refractivity (Wildman–Crippen MR) is 65.5 cm³/mol. The van der Waals surface area contributed by atoms with Gasteiger partial charge >= 0.3 is 0 Å². The molecule has 0 saturated heterocycles. The topological polar surface area (TPSA) is 48.9 Å². The molecule has 84 valence electrons. The second kappa shape index (κ2) is 5.39. The van der Waals surface area contributed by atoms with Crippen molar-refractivity contribution in [3.63, 3.8) is 0 Å². The Hall–Kier alpha value is -0.970. The molecule has 1 heterocycles. The molecule has 0 aliphatic heterocycles. The second-order valence-corrected chi connectivity index (χ2v) is 4.74. The van der Waals surface area contributed by atoms with E-state index in [1.54, 1.807) is 18.0 Å². The molecule has 0 atom stereocenters. The number of H-pyrrole nitrogens is 1. The number of aromatic nitrogens is 2. The number of halogens is 1. The number of thioether (sulfide) groups is 1. The minimum Gasteiger partial charge on any atom is -0.390 e. The molecule has 3 nitrogen and oxygen atoms in total. The van der Waals surface area contributed by atoms with Gasteiger partial charge in [-0.2, -0.15) is 0 Å². The first-order chi connectivity index (χ1) is 7.78. The lowest BCUT2D eigenvalue weighted by molar-refractivity contribution is 0.277. The Morgan fingerprint density at radius 1 is 1.31 bits per heavy atom. The maximum absolute atomic E-state index is 8.87. The number of hydrogen-bond acceptors (Lipinski definition) is 3. The van der Waals surface area contributed by atoms with Gasteiger partial charge in [-0.05, 0) is 24.3 Å². The molecule has 2 aromatic rings. The lowest BCUT2D eigenvalue weighted by Crippen LogP contribution is -1.85. The summed E-state index contributed by atoms with van der Waals surface area (Å²) >= 11 is 7.47. The van der Waals surface area contributed by atoms with Crippen LogP contribution in [-0.4, -0.2) is 15.1 Å². The van der Waals surface area contributed by atoms with Crippen molar-refractivity contribution in [1.29, 1.82) is 0 Å². The summed E-state index contributed by atoms with van der Waals surface area (Å²) in [6, 6.07) is 7.68. The van der Waals surface area contributed by atoms with Gasteiger partial charge in [-0.3, -0.25) is 0 Å². The van der Waals surface area contributed by atoms with Crippen molar-refractivity contribution in [2.45, 2.75) is 17.3 Å². The number of nitrogens with zero attached hydrogens (tertiary/aromatic N) is 1. The number of nitrogens with one attached hydrogen (secondary N) is 1. The van der Waals surface area contributed by atoms with E-state index >= 15 is 0 Å². The van der Waals surface area contributed by atoms with Gasteiger partial charge in [-0.25, -0.2) is 4.98 Å². The van der Waals surface area contributed by atoms with Crippen molar-refractivity contribution in [2.75, 3.05) is 0 Å². The van der Waals surface area contributed by atoms with E-state index in [0.717, 1.165) is 27.2 Å². The molecular formula is C11H11ClN2OS. The fourth-order valence-corrected chi connectivity index (χ4v) is 2.15. The number of aromatic amines is 1. The van der Waals surface area contributed by atoms with Crippen LogP contribution in [-0.2, 0) is 12.4 Å². The van der Waals surface area contributed by atoms with Crippen molar-refractivity contribution >= 4 is 23.4 Å². The molecule has 5 heteroatoms. The number of aliphatic hydroxyl groups is 1. The van der Waals surface area contributed by atoms with E-state index in [1.807, 2.05) is 24.3 Å². The van der Waals surface area contributed by atoms with Gasteiger partial charge in [0.05, 0.1) is 24.3 Å². The Kier molecular flexibility index (Phi) is 3.88. The standard InChI is InChI=1S/C11H11ClN2OS/c12-8-1-3-10(4-2-8)16-7-11-13-5-9(6-15)14-11/h1-5,15H,6-7H2,(H,13,14). The average molecular weight is 255 g/mol. The molecule has 0 amide bonds. The molecule has 0 aliphatic rings. The van der Waals surface area contributed by atoms with Crippen LogP contribution in [0.15, 0.2) is 35.4 Å². The molecule has 0 bridgehead atoms. The van der Waals surface area contributed by atoms with Crippen LogP contribution in [0.25, 0.3) is 0 Å². The maximum Gasteiger partial charge on any atom is 0.116 e. The van der Waals surface area contributed by atoms with E-state index in [9.17, 15) is 0 Å². The first kappa shape index (κ1) is 11.5. The number of rotatable bonds is 4. The summed E-state index contributed by atoms with van der Waals surface area (Å²) in [5.74, 6) is 1.62.